The summed E-state index contributed by atoms with van der Waals surface area (Å²) in [4.78, 5) is 0. The molecular formula is C11H25NSi. The zero-order valence-corrected chi connectivity index (χ0v) is 11.1. The van der Waals surface area contributed by atoms with Gasteiger partial charge in [-0.2, -0.15) is 0 Å². The average Bonchev–Trinajstić information content (AvgIpc) is 1.81. The van der Waals surface area contributed by atoms with E-state index in [4.69, 9.17) is 0 Å². The summed E-state index contributed by atoms with van der Waals surface area (Å²) >= 11 is 0. The quantitative estimate of drug-likeness (QED) is 0.541. The second-order valence-corrected chi connectivity index (χ2v) is 10.8. The van der Waals surface area contributed by atoms with Gasteiger partial charge in [-0.25, -0.2) is 0 Å². The van der Waals surface area contributed by atoms with Crippen LogP contribution in [0.5, 0.6) is 0 Å². The molecule has 0 heterocycles. The summed E-state index contributed by atoms with van der Waals surface area (Å²) in [5, 5.41) is 3.47. The predicted molar refractivity (Wildman–Crippen MR) is 64.9 cm³/mol. The molecule has 0 fully saturated rings. The maximum Gasteiger partial charge on any atom is 0.0682 e. The molecule has 0 atom stereocenters. The first kappa shape index (κ1) is 12.9. The summed E-state index contributed by atoms with van der Waals surface area (Å²) in [6.45, 7) is 14.8. The first-order valence-electron chi connectivity index (χ1n) is 5.13. The normalized spacial score (nSPS) is 14.0. The van der Waals surface area contributed by atoms with Crippen LogP contribution in [0.25, 0.3) is 0 Å². The lowest BCUT2D eigenvalue weighted by atomic mass is 10.1. The van der Waals surface area contributed by atoms with Crippen LogP contribution in [0.1, 0.15) is 27.2 Å². The minimum absolute atomic E-state index is 0.257. The standard InChI is InChI=1S/C11H25NSi/c1-11(2,3)12-9-7-8-10-13(4,5)6/h8,10,12H,7,9H2,1-6H3/b10-8+. The van der Waals surface area contributed by atoms with Crippen LogP contribution in [-0.2, 0) is 0 Å². The lowest BCUT2D eigenvalue weighted by molar-refractivity contribution is 0.431. The predicted octanol–water partition coefficient (Wildman–Crippen LogP) is 3.20. The van der Waals surface area contributed by atoms with Crippen LogP contribution in [-0.4, -0.2) is 20.2 Å². The molecule has 78 valence electrons. The average molecular weight is 199 g/mol. The van der Waals surface area contributed by atoms with Crippen LogP contribution >= 0.6 is 0 Å². The molecule has 0 amide bonds. The van der Waals surface area contributed by atoms with E-state index in [1.54, 1.807) is 0 Å². The van der Waals surface area contributed by atoms with Gasteiger partial charge in [0.1, 0.15) is 0 Å². The molecule has 0 saturated carbocycles. The molecule has 0 aromatic rings. The van der Waals surface area contributed by atoms with E-state index < -0.39 is 8.07 Å². The molecule has 0 rings (SSSR count). The van der Waals surface area contributed by atoms with Gasteiger partial charge in [-0.3, -0.25) is 0 Å². The largest absolute Gasteiger partial charge is 0.312 e. The molecule has 0 aromatic carbocycles. The Morgan fingerprint density at radius 3 is 2.08 bits per heavy atom. The SMILES string of the molecule is CC(C)(C)NCC/C=C/[Si](C)(C)C. The first-order valence-corrected chi connectivity index (χ1v) is 8.71. The molecule has 0 bridgehead atoms. The monoisotopic (exact) mass is 199 g/mol. The summed E-state index contributed by atoms with van der Waals surface area (Å²) in [5.41, 5.74) is 2.67. The third kappa shape index (κ3) is 11.9. The van der Waals surface area contributed by atoms with Gasteiger partial charge in [-0.15, -0.1) is 0 Å². The van der Waals surface area contributed by atoms with E-state index in [0.717, 1.165) is 13.0 Å². The third-order valence-corrected chi connectivity index (χ3v) is 2.82. The highest BCUT2D eigenvalue weighted by atomic mass is 28.3. The van der Waals surface area contributed by atoms with Gasteiger partial charge >= 0.3 is 0 Å². The molecule has 2 heteroatoms. The maximum atomic E-state index is 3.47. The molecule has 0 aromatic heterocycles. The molecule has 0 radical (unpaired) electrons. The van der Waals surface area contributed by atoms with Crippen molar-refractivity contribution in [1.82, 2.24) is 5.32 Å². The van der Waals surface area contributed by atoms with E-state index in [1.165, 1.54) is 0 Å². The minimum Gasteiger partial charge on any atom is -0.312 e. The fourth-order valence-corrected chi connectivity index (χ4v) is 1.84. The molecule has 0 aliphatic rings. The van der Waals surface area contributed by atoms with Crippen molar-refractivity contribution >= 4 is 8.07 Å². The number of hydrogen-bond acceptors (Lipinski definition) is 1. The van der Waals surface area contributed by atoms with E-state index in [1.807, 2.05) is 0 Å². The van der Waals surface area contributed by atoms with Crippen molar-refractivity contribution in [1.29, 1.82) is 0 Å². The molecule has 0 saturated heterocycles. The zero-order chi connectivity index (χ0) is 10.5. The summed E-state index contributed by atoms with van der Waals surface area (Å²) in [6, 6.07) is 0. The topological polar surface area (TPSA) is 12.0 Å². The summed E-state index contributed by atoms with van der Waals surface area (Å²) in [7, 11) is -0.961. The molecule has 0 aliphatic heterocycles. The van der Waals surface area contributed by atoms with E-state index in [9.17, 15) is 0 Å². The molecule has 1 N–H and O–H groups in total. The van der Waals surface area contributed by atoms with Gasteiger partial charge in [-0.1, -0.05) is 31.4 Å². The summed E-state index contributed by atoms with van der Waals surface area (Å²) in [6.07, 6.45) is 3.48. The Hall–Kier alpha value is -0.0831. The molecule has 13 heavy (non-hydrogen) atoms. The van der Waals surface area contributed by atoms with Crippen LogP contribution in [0.4, 0.5) is 0 Å². The van der Waals surface area contributed by atoms with Gasteiger partial charge in [-0.05, 0) is 33.7 Å². The fourth-order valence-electron chi connectivity index (χ4n) is 0.967. The Kier molecular flexibility index (Phi) is 4.93. The van der Waals surface area contributed by atoms with Gasteiger partial charge in [0.2, 0.25) is 0 Å². The molecule has 0 aliphatic carbocycles. The summed E-state index contributed by atoms with van der Waals surface area (Å²) in [5.74, 6) is 0. The van der Waals surface area contributed by atoms with Crippen LogP contribution < -0.4 is 5.32 Å². The van der Waals surface area contributed by atoms with Crippen molar-refractivity contribution in [2.75, 3.05) is 6.54 Å². The Morgan fingerprint density at radius 2 is 1.69 bits per heavy atom. The van der Waals surface area contributed by atoms with Gasteiger partial charge < -0.3 is 5.32 Å². The maximum absolute atomic E-state index is 3.47. The zero-order valence-electron chi connectivity index (χ0n) is 10.1. The Balaban J connectivity index is 3.53. The van der Waals surface area contributed by atoms with E-state index >= 15 is 0 Å². The van der Waals surface area contributed by atoms with Crippen molar-refractivity contribution in [3.8, 4) is 0 Å². The Morgan fingerprint density at radius 1 is 1.15 bits per heavy atom. The smallest absolute Gasteiger partial charge is 0.0682 e. The van der Waals surface area contributed by atoms with Crippen molar-refractivity contribution in [3.63, 3.8) is 0 Å². The lowest BCUT2D eigenvalue weighted by Gasteiger charge is -2.19. The number of nitrogens with one attached hydrogen (secondary N) is 1. The molecule has 1 nitrogen and oxygen atoms in total. The van der Waals surface area contributed by atoms with E-state index in [0.29, 0.717) is 0 Å². The third-order valence-electron chi connectivity index (χ3n) is 1.58. The highest BCUT2D eigenvalue weighted by Gasteiger charge is 2.08. The molecule has 0 unspecified atom stereocenters. The van der Waals surface area contributed by atoms with Gasteiger partial charge in [0.15, 0.2) is 0 Å². The fraction of sp³-hybridized carbons (Fsp3) is 0.818. The van der Waals surface area contributed by atoms with Crippen molar-refractivity contribution in [2.45, 2.75) is 52.4 Å². The Labute approximate surface area is 84.6 Å². The Bertz CT molecular complexity index is 160. The van der Waals surface area contributed by atoms with Crippen molar-refractivity contribution < 1.29 is 0 Å². The van der Waals surface area contributed by atoms with Crippen molar-refractivity contribution in [3.05, 3.63) is 11.8 Å². The molecular weight excluding hydrogens is 174 g/mol. The molecule has 0 spiro atoms. The first-order chi connectivity index (χ1) is 5.71. The van der Waals surface area contributed by atoms with Crippen LogP contribution in [0.15, 0.2) is 11.8 Å². The van der Waals surface area contributed by atoms with Crippen LogP contribution in [0.3, 0.4) is 0 Å². The lowest BCUT2D eigenvalue weighted by Crippen LogP contribution is -2.36. The highest BCUT2D eigenvalue weighted by Crippen LogP contribution is 2.03. The number of rotatable bonds is 4. The minimum atomic E-state index is -0.961. The second-order valence-electron chi connectivity index (χ2n) is 5.73. The van der Waals surface area contributed by atoms with E-state index in [2.05, 4.69) is 57.5 Å². The van der Waals surface area contributed by atoms with Gasteiger partial charge in [0.25, 0.3) is 0 Å². The highest BCUT2D eigenvalue weighted by molar-refractivity contribution is 6.80. The second kappa shape index (κ2) is 4.96. The van der Waals surface area contributed by atoms with Crippen LogP contribution in [0.2, 0.25) is 19.6 Å². The van der Waals surface area contributed by atoms with Gasteiger partial charge in [0, 0.05) is 5.54 Å². The van der Waals surface area contributed by atoms with Crippen LogP contribution in [0, 0.1) is 0 Å². The summed E-state index contributed by atoms with van der Waals surface area (Å²) < 4.78 is 0. The number of hydrogen-bond donors (Lipinski definition) is 1. The van der Waals surface area contributed by atoms with Crippen molar-refractivity contribution in [2.24, 2.45) is 0 Å². The van der Waals surface area contributed by atoms with Gasteiger partial charge in [0.05, 0.1) is 8.07 Å². The van der Waals surface area contributed by atoms with E-state index in [-0.39, 0.29) is 5.54 Å².